The summed E-state index contributed by atoms with van der Waals surface area (Å²) in [5.41, 5.74) is 0.105. The Morgan fingerprint density at radius 1 is 1.17 bits per heavy atom. The van der Waals surface area contributed by atoms with Crippen molar-refractivity contribution in [2.45, 2.75) is 51.0 Å². The molecule has 0 aromatic heterocycles. The van der Waals surface area contributed by atoms with Gasteiger partial charge in [-0.2, -0.15) is 0 Å². The quantitative estimate of drug-likeness (QED) is 0.688. The third kappa shape index (κ3) is 5.09. The summed E-state index contributed by atoms with van der Waals surface area (Å²) in [6, 6.07) is 5.52. The van der Waals surface area contributed by atoms with Crippen LogP contribution in [-0.4, -0.2) is 66.6 Å². The number of rotatable bonds is 6. The zero-order chi connectivity index (χ0) is 21.1. The van der Waals surface area contributed by atoms with Crippen LogP contribution in [0.25, 0.3) is 0 Å². The first-order chi connectivity index (χ1) is 14.5. The lowest BCUT2D eigenvalue weighted by Gasteiger charge is -2.43. The van der Waals surface area contributed by atoms with Crippen LogP contribution in [0.5, 0.6) is 5.75 Å². The number of amides is 2. The number of carbonyl (C=O) groups excluding carboxylic acids is 2. The molecule has 1 atom stereocenters. The fourth-order valence-corrected chi connectivity index (χ4v) is 4.44. The van der Waals surface area contributed by atoms with Gasteiger partial charge in [-0.1, -0.05) is 11.6 Å². The van der Waals surface area contributed by atoms with Crippen molar-refractivity contribution < 1.29 is 19.1 Å². The number of ether oxygens (including phenoxy) is 2. The molecule has 0 N–H and O–H groups in total. The molecule has 0 radical (unpaired) electrons. The number of hydrogen-bond donors (Lipinski definition) is 0. The molecule has 3 aliphatic rings. The average molecular weight is 435 g/mol. The number of halogens is 1. The van der Waals surface area contributed by atoms with Gasteiger partial charge in [0.05, 0.1) is 19.6 Å². The fraction of sp³-hybridized carbons (Fsp3) is 0.652. The van der Waals surface area contributed by atoms with E-state index in [9.17, 15) is 9.59 Å². The van der Waals surface area contributed by atoms with E-state index in [-0.39, 0.29) is 30.8 Å². The van der Waals surface area contributed by atoms with Crippen LogP contribution < -0.4 is 4.74 Å². The van der Waals surface area contributed by atoms with Gasteiger partial charge in [0.15, 0.2) is 0 Å². The molecule has 2 aliphatic heterocycles. The first kappa shape index (κ1) is 21.4. The molecule has 6 nitrogen and oxygen atoms in total. The molecular formula is C23H31ClN2O4. The van der Waals surface area contributed by atoms with Gasteiger partial charge in [0, 0.05) is 30.6 Å². The van der Waals surface area contributed by atoms with Gasteiger partial charge in [-0.05, 0) is 62.8 Å². The van der Waals surface area contributed by atoms with E-state index in [4.69, 9.17) is 21.1 Å². The van der Waals surface area contributed by atoms with Gasteiger partial charge in [0.2, 0.25) is 11.8 Å². The second kappa shape index (κ2) is 9.15. The van der Waals surface area contributed by atoms with Crippen molar-refractivity contribution in [1.82, 2.24) is 9.80 Å². The van der Waals surface area contributed by atoms with Crippen LogP contribution in [0.2, 0.25) is 5.02 Å². The van der Waals surface area contributed by atoms with Crippen molar-refractivity contribution in [3.63, 3.8) is 0 Å². The van der Waals surface area contributed by atoms with Gasteiger partial charge >= 0.3 is 0 Å². The molecule has 1 aromatic rings. The molecule has 164 valence electrons. The molecule has 0 unspecified atom stereocenters. The van der Waals surface area contributed by atoms with Gasteiger partial charge in [-0.25, -0.2) is 0 Å². The Kier molecular flexibility index (Phi) is 6.54. The number of morpholine rings is 1. The van der Waals surface area contributed by atoms with Crippen molar-refractivity contribution >= 4 is 23.4 Å². The first-order valence-electron chi connectivity index (χ1n) is 11.1. The van der Waals surface area contributed by atoms with Crippen molar-refractivity contribution in [3.05, 3.63) is 28.8 Å². The highest BCUT2D eigenvalue weighted by molar-refractivity contribution is 6.31. The normalized spacial score (nSPS) is 24.6. The zero-order valence-corrected chi connectivity index (χ0v) is 18.5. The van der Waals surface area contributed by atoms with E-state index in [1.54, 1.807) is 0 Å². The Bertz CT molecular complexity index is 791. The summed E-state index contributed by atoms with van der Waals surface area (Å²) < 4.78 is 12.3. The number of aryl methyl sites for hydroxylation is 1. The van der Waals surface area contributed by atoms with E-state index in [0.717, 1.165) is 44.3 Å². The molecule has 3 fully saturated rings. The van der Waals surface area contributed by atoms with Crippen LogP contribution in [0.15, 0.2) is 18.2 Å². The number of carbonyl (C=O) groups is 2. The predicted molar refractivity (Wildman–Crippen MR) is 115 cm³/mol. The van der Waals surface area contributed by atoms with Crippen molar-refractivity contribution in [1.29, 1.82) is 0 Å². The van der Waals surface area contributed by atoms with E-state index in [1.807, 2.05) is 34.9 Å². The minimum absolute atomic E-state index is 0.0892. The van der Waals surface area contributed by atoms with Crippen LogP contribution in [0.1, 0.15) is 44.1 Å². The monoisotopic (exact) mass is 434 g/mol. The summed E-state index contributed by atoms with van der Waals surface area (Å²) >= 11 is 6.13. The van der Waals surface area contributed by atoms with Crippen LogP contribution in [0, 0.1) is 12.8 Å². The van der Waals surface area contributed by atoms with Crippen molar-refractivity contribution in [2.24, 2.45) is 5.92 Å². The van der Waals surface area contributed by atoms with Crippen LogP contribution in [0.3, 0.4) is 0 Å². The van der Waals surface area contributed by atoms with Crippen LogP contribution in [0.4, 0.5) is 0 Å². The van der Waals surface area contributed by atoms with Crippen molar-refractivity contribution in [2.75, 3.05) is 39.4 Å². The summed E-state index contributed by atoms with van der Waals surface area (Å²) in [5.74, 6) is 1.12. The van der Waals surface area contributed by atoms with E-state index in [2.05, 4.69) is 0 Å². The lowest BCUT2D eigenvalue weighted by Crippen LogP contribution is -2.58. The summed E-state index contributed by atoms with van der Waals surface area (Å²) in [6.07, 6.45) is 5.44. The van der Waals surface area contributed by atoms with Gasteiger partial charge in [0.25, 0.3) is 0 Å². The van der Waals surface area contributed by atoms with E-state index in [1.165, 1.54) is 6.42 Å². The molecule has 2 saturated heterocycles. The SMILES string of the molecule is Cc1cc(OC[C@@]2(CC(=O)N3CCCCC3)CN(C(=O)C3CC3)CCO2)ccc1Cl. The minimum Gasteiger partial charge on any atom is -0.490 e. The maximum atomic E-state index is 13.1. The molecule has 1 aliphatic carbocycles. The Labute approximate surface area is 183 Å². The summed E-state index contributed by atoms with van der Waals surface area (Å²) in [5, 5.41) is 0.687. The van der Waals surface area contributed by atoms with E-state index in [0.29, 0.717) is 30.5 Å². The van der Waals surface area contributed by atoms with Gasteiger partial charge in [-0.15, -0.1) is 0 Å². The second-order valence-corrected chi connectivity index (χ2v) is 9.29. The summed E-state index contributed by atoms with van der Waals surface area (Å²) in [6.45, 7) is 5.16. The maximum Gasteiger partial charge on any atom is 0.225 e. The minimum atomic E-state index is -0.829. The van der Waals surface area contributed by atoms with Gasteiger partial charge in [-0.3, -0.25) is 9.59 Å². The van der Waals surface area contributed by atoms with E-state index >= 15 is 0 Å². The number of likely N-dealkylation sites (tertiary alicyclic amines) is 1. The molecule has 0 bridgehead atoms. The number of hydrogen-bond acceptors (Lipinski definition) is 4. The van der Waals surface area contributed by atoms with E-state index < -0.39 is 5.60 Å². The third-order valence-corrected chi connectivity index (χ3v) is 6.72. The summed E-state index contributed by atoms with van der Waals surface area (Å²) in [7, 11) is 0. The molecule has 7 heteroatoms. The highest BCUT2D eigenvalue weighted by Crippen LogP contribution is 2.34. The highest BCUT2D eigenvalue weighted by atomic mass is 35.5. The maximum absolute atomic E-state index is 13.1. The lowest BCUT2D eigenvalue weighted by molar-refractivity contribution is -0.166. The second-order valence-electron chi connectivity index (χ2n) is 8.88. The number of benzene rings is 1. The zero-order valence-electron chi connectivity index (χ0n) is 17.7. The predicted octanol–water partition coefficient (Wildman–Crippen LogP) is 3.44. The molecule has 1 saturated carbocycles. The summed E-state index contributed by atoms with van der Waals surface area (Å²) in [4.78, 5) is 29.6. The Balaban J connectivity index is 1.49. The molecule has 30 heavy (non-hydrogen) atoms. The average Bonchev–Trinajstić information content (AvgIpc) is 3.60. The van der Waals surface area contributed by atoms with Crippen LogP contribution in [-0.2, 0) is 14.3 Å². The molecule has 1 aromatic carbocycles. The molecular weight excluding hydrogens is 404 g/mol. The first-order valence-corrected chi connectivity index (χ1v) is 11.4. The Morgan fingerprint density at radius 2 is 1.93 bits per heavy atom. The lowest BCUT2D eigenvalue weighted by atomic mass is 9.96. The smallest absolute Gasteiger partial charge is 0.225 e. The largest absolute Gasteiger partial charge is 0.490 e. The topological polar surface area (TPSA) is 59.1 Å². The molecule has 2 heterocycles. The number of piperidine rings is 1. The molecule has 2 amide bonds. The standard InChI is InChI=1S/C23H31ClN2O4/c1-17-13-19(7-8-20(17)24)29-16-23(14-21(27)25-9-3-2-4-10-25)15-26(11-12-30-23)22(28)18-5-6-18/h7-8,13,18H,2-6,9-12,14-16H2,1H3/t23-/m1/s1. The van der Waals surface area contributed by atoms with Gasteiger partial charge in [0.1, 0.15) is 18.0 Å². The Hall–Kier alpha value is -1.79. The third-order valence-electron chi connectivity index (χ3n) is 6.30. The molecule has 4 rings (SSSR count). The van der Waals surface area contributed by atoms with Gasteiger partial charge < -0.3 is 19.3 Å². The Morgan fingerprint density at radius 3 is 2.63 bits per heavy atom. The molecule has 0 spiro atoms. The van der Waals surface area contributed by atoms with Crippen LogP contribution >= 0.6 is 11.6 Å². The van der Waals surface area contributed by atoms with Crippen molar-refractivity contribution in [3.8, 4) is 5.75 Å². The number of nitrogens with zero attached hydrogens (tertiary/aromatic N) is 2. The highest BCUT2D eigenvalue weighted by Gasteiger charge is 2.44. The fourth-order valence-electron chi connectivity index (χ4n) is 4.32.